The summed E-state index contributed by atoms with van der Waals surface area (Å²) >= 11 is 0. The van der Waals surface area contributed by atoms with E-state index in [1.807, 2.05) is 0 Å². The molecule has 0 fully saturated rings. The molecule has 0 aliphatic rings. The highest BCUT2D eigenvalue weighted by Gasteiger charge is 2.11. The second kappa shape index (κ2) is 12.3. The number of aliphatic hydroxyl groups is 2. The Morgan fingerprint density at radius 1 is 0.941 bits per heavy atom. The third kappa shape index (κ3) is 10.7. The van der Waals surface area contributed by atoms with Gasteiger partial charge in [0.15, 0.2) is 0 Å². The van der Waals surface area contributed by atoms with Crippen LogP contribution in [0.3, 0.4) is 0 Å². The molecule has 17 heavy (non-hydrogen) atoms. The Kier molecular flexibility index (Phi) is 12.3. The maximum absolute atomic E-state index is 9.27. The lowest BCUT2D eigenvalue weighted by molar-refractivity contribution is -0.0350. The number of unbranched alkanes of at least 4 members (excludes halogenated alkanes) is 4. The van der Waals surface area contributed by atoms with Crippen molar-refractivity contribution in [1.82, 2.24) is 0 Å². The lowest BCUT2D eigenvalue weighted by Gasteiger charge is -2.19. The van der Waals surface area contributed by atoms with Crippen molar-refractivity contribution in [2.75, 3.05) is 13.2 Å². The fourth-order valence-electron chi connectivity index (χ4n) is 1.85. The zero-order chi connectivity index (χ0) is 12.9. The Hall–Kier alpha value is -0.120. The van der Waals surface area contributed by atoms with Crippen LogP contribution < -0.4 is 0 Å². The average molecular weight is 246 g/mol. The average Bonchev–Trinajstić information content (AvgIpc) is 2.35. The second-order valence-electron chi connectivity index (χ2n) is 4.78. The van der Waals surface area contributed by atoms with Crippen molar-refractivity contribution in [2.24, 2.45) is 0 Å². The number of hydrogen-bond acceptors (Lipinski definition) is 3. The number of ether oxygens (including phenoxy) is 1. The first-order valence-corrected chi connectivity index (χ1v) is 7.15. The van der Waals surface area contributed by atoms with Crippen LogP contribution in [0, 0.1) is 0 Å². The second-order valence-corrected chi connectivity index (χ2v) is 4.78. The molecule has 0 saturated heterocycles. The molecular weight excluding hydrogens is 216 g/mol. The van der Waals surface area contributed by atoms with Crippen LogP contribution in [0.1, 0.15) is 65.2 Å². The van der Waals surface area contributed by atoms with Crippen molar-refractivity contribution in [1.29, 1.82) is 0 Å². The molecule has 104 valence electrons. The smallest absolute Gasteiger partial charge is 0.100 e. The van der Waals surface area contributed by atoms with E-state index in [0.717, 1.165) is 12.8 Å². The first-order chi connectivity index (χ1) is 8.24. The molecule has 0 aromatic heterocycles. The summed E-state index contributed by atoms with van der Waals surface area (Å²) in [6.45, 7) is 4.45. The van der Waals surface area contributed by atoms with Gasteiger partial charge in [-0.25, -0.2) is 0 Å². The van der Waals surface area contributed by atoms with Gasteiger partial charge in [0.25, 0.3) is 0 Å². The largest absolute Gasteiger partial charge is 0.394 e. The van der Waals surface area contributed by atoms with E-state index in [4.69, 9.17) is 9.84 Å². The number of rotatable bonds is 12. The number of aliphatic hydroxyl groups excluding tert-OH is 2. The molecule has 0 amide bonds. The summed E-state index contributed by atoms with van der Waals surface area (Å²) < 4.78 is 5.68. The fraction of sp³-hybridized carbons (Fsp3) is 1.00. The minimum atomic E-state index is -0.727. The van der Waals surface area contributed by atoms with Crippen LogP contribution >= 0.6 is 0 Å². The minimum absolute atomic E-state index is 0.212. The normalized spacial score (nSPS) is 13.2. The Morgan fingerprint density at radius 3 is 1.88 bits per heavy atom. The molecule has 0 bridgehead atoms. The van der Waals surface area contributed by atoms with Crippen molar-refractivity contribution < 1.29 is 14.9 Å². The molecule has 0 spiro atoms. The van der Waals surface area contributed by atoms with Gasteiger partial charge < -0.3 is 14.9 Å². The van der Waals surface area contributed by atoms with E-state index >= 15 is 0 Å². The standard InChI is InChI=1S/C14H30O3/c1-3-5-7-9-14(10-8-6-4-2)17-12-13(16)11-15/h13-16H,3-12H2,1-2H3. The van der Waals surface area contributed by atoms with Crippen LogP contribution in [0.25, 0.3) is 0 Å². The summed E-state index contributed by atoms with van der Waals surface area (Å²) in [4.78, 5) is 0. The van der Waals surface area contributed by atoms with Crippen molar-refractivity contribution in [3.05, 3.63) is 0 Å². The zero-order valence-electron chi connectivity index (χ0n) is 11.5. The van der Waals surface area contributed by atoms with Gasteiger partial charge >= 0.3 is 0 Å². The van der Waals surface area contributed by atoms with Gasteiger partial charge in [-0.05, 0) is 12.8 Å². The van der Waals surface area contributed by atoms with Crippen molar-refractivity contribution >= 4 is 0 Å². The van der Waals surface area contributed by atoms with Crippen LogP contribution in [0.5, 0.6) is 0 Å². The highest BCUT2D eigenvalue weighted by molar-refractivity contribution is 4.61. The molecule has 3 nitrogen and oxygen atoms in total. The van der Waals surface area contributed by atoms with Gasteiger partial charge in [0.05, 0.1) is 19.3 Å². The van der Waals surface area contributed by atoms with E-state index in [2.05, 4.69) is 13.8 Å². The minimum Gasteiger partial charge on any atom is -0.394 e. The lowest BCUT2D eigenvalue weighted by Crippen LogP contribution is -2.24. The molecule has 1 atom stereocenters. The summed E-state index contributed by atoms with van der Waals surface area (Å²) in [5.41, 5.74) is 0. The topological polar surface area (TPSA) is 49.7 Å². The molecule has 0 aromatic carbocycles. The van der Waals surface area contributed by atoms with Gasteiger partial charge in [0.2, 0.25) is 0 Å². The zero-order valence-corrected chi connectivity index (χ0v) is 11.5. The summed E-state index contributed by atoms with van der Waals surface area (Å²) in [7, 11) is 0. The fourth-order valence-corrected chi connectivity index (χ4v) is 1.85. The van der Waals surface area contributed by atoms with Crippen LogP contribution in [-0.4, -0.2) is 35.6 Å². The molecular formula is C14H30O3. The molecule has 0 radical (unpaired) electrons. The Morgan fingerprint density at radius 2 is 1.47 bits per heavy atom. The highest BCUT2D eigenvalue weighted by atomic mass is 16.5. The highest BCUT2D eigenvalue weighted by Crippen LogP contribution is 2.14. The van der Waals surface area contributed by atoms with E-state index in [1.54, 1.807) is 0 Å². The van der Waals surface area contributed by atoms with Gasteiger partial charge in [0.1, 0.15) is 6.10 Å². The quantitative estimate of drug-likeness (QED) is 0.521. The molecule has 3 heteroatoms. The molecule has 2 N–H and O–H groups in total. The lowest BCUT2D eigenvalue weighted by atomic mass is 10.0. The Labute approximate surface area is 106 Å². The maximum atomic E-state index is 9.27. The first-order valence-electron chi connectivity index (χ1n) is 7.15. The molecule has 0 saturated carbocycles. The van der Waals surface area contributed by atoms with Crippen LogP contribution in [0.4, 0.5) is 0 Å². The summed E-state index contributed by atoms with van der Waals surface area (Å²) in [5.74, 6) is 0. The van der Waals surface area contributed by atoms with E-state index in [9.17, 15) is 5.11 Å². The molecule has 0 aliphatic carbocycles. The van der Waals surface area contributed by atoms with Crippen molar-refractivity contribution in [2.45, 2.75) is 77.4 Å². The third-order valence-electron chi connectivity index (χ3n) is 2.99. The molecule has 1 unspecified atom stereocenters. The van der Waals surface area contributed by atoms with Gasteiger partial charge in [-0.1, -0.05) is 52.4 Å². The van der Waals surface area contributed by atoms with Gasteiger partial charge in [-0.3, -0.25) is 0 Å². The third-order valence-corrected chi connectivity index (χ3v) is 2.99. The van der Waals surface area contributed by atoms with E-state index < -0.39 is 6.10 Å². The monoisotopic (exact) mass is 246 g/mol. The molecule has 0 aliphatic heterocycles. The predicted octanol–water partition coefficient (Wildman–Crippen LogP) is 2.89. The van der Waals surface area contributed by atoms with Gasteiger partial charge in [-0.15, -0.1) is 0 Å². The SMILES string of the molecule is CCCCCC(CCCCC)OCC(O)CO. The van der Waals surface area contributed by atoms with E-state index in [1.165, 1.54) is 38.5 Å². The molecule has 0 heterocycles. The Bertz CT molecular complexity index is 140. The van der Waals surface area contributed by atoms with Gasteiger partial charge in [-0.2, -0.15) is 0 Å². The van der Waals surface area contributed by atoms with Crippen LogP contribution in [0.2, 0.25) is 0 Å². The Balaban J connectivity index is 3.75. The summed E-state index contributed by atoms with van der Waals surface area (Å²) in [5, 5.41) is 18.0. The summed E-state index contributed by atoms with van der Waals surface area (Å²) in [6, 6.07) is 0. The number of hydrogen-bond donors (Lipinski definition) is 2. The first kappa shape index (κ1) is 16.9. The van der Waals surface area contributed by atoms with E-state index in [0.29, 0.717) is 0 Å². The van der Waals surface area contributed by atoms with Crippen LogP contribution in [0.15, 0.2) is 0 Å². The summed E-state index contributed by atoms with van der Waals surface area (Å²) in [6.07, 6.45) is 9.02. The molecule has 0 aromatic rings. The van der Waals surface area contributed by atoms with Gasteiger partial charge in [0, 0.05) is 0 Å². The van der Waals surface area contributed by atoms with E-state index in [-0.39, 0.29) is 19.3 Å². The van der Waals surface area contributed by atoms with Crippen molar-refractivity contribution in [3.63, 3.8) is 0 Å². The maximum Gasteiger partial charge on any atom is 0.100 e. The predicted molar refractivity (Wildman–Crippen MR) is 71.1 cm³/mol. The van der Waals surface area contributed by atoms with Crippen LogP contribution in [-0.2, 0) is 4.74 Å². The molecule has 0 rings (SSSR count). The van der Waals surface area contributed by atoms with Crippen molar-refractivity contribution in [3.8, 4) is 0 Å².